The molecule has 6 nitrogen and oxygen atoms in total. The van der Waals surface area contributed by atoms with Crippen LogP contribution in [0.2, 0.25) is 0 Å². The van der Waals surface area contributed by atoms with Gasteiger partial charge in [-0.2, -0.15) is 0 Å². The Morgan fingerprint density at radius 3 is 2.28 bits per heavy atom. The fourth-order valence-corrected chi connectivity index (χ4v) is 3.24. The fraction of sp³-hybridized carbons (Fsp3) is 0.167. The molecule has 2 aromatic rings. The molecular weight excluding hydrogens is 342 g/mol. The molecule has 1 aromatic carbocycles. The lowest BCUT2D eigenvalue weighted by atomic mass is 10.1. The summed E-state index contributed by atoms with van der Waals surface area (Å²) < 4.78 is 9.44. The van der Waals surface area contributed by atoms with Crippen molar-refractivity contribution in [2.45, 2.75) is 6.92 Å². The molecule has 1 N–H and O–H groups in total. The van der Waals surface area contributed by atoms with E-state index in [0.717, 1.165) is 16.9 Å². The Morgan fingerprint density at radius 1 is 1.04 bits per heavy atom. The van der Waals surface area contributed by atoms with Crippen molar-refractivity contribution in [3.05, 3.63) is 58.0 Å². The summed E-state index contributed by atoms with van der Waals surface area (Å²) in [7, 11) is 2.48. The van der Waals surface area contributed by atoms with Crippen molar-refractivity contribution in [2.24, 2.45) is 0 Å². The molecule has 0 radical (unpaired) electrons. The molecule has 0 fully saturated rings. The Morgan fingerprint density at radius 2 is 1.68 bits per heavy atom. The average molecular weight is 359 g/mol. The highest BCUT2D eigenvalue weighted by Crippen LogP contribution is 2.34. The number of carbonyl (C=O) groups is 3. The maximum atomic E-state index is 12.1. The van der Waals surface area contributed by atoms with Gasteiger partial charge >= 0.3 is 11.9 Å². The van der Waals surface area contributed by atoms with Crippen LogP contribution in [0.25, 0.3) is 6.08 Å². The highest BCUT2D eigenvalue weighted by Gasteiger charge is 2.26. The number of anilines is 1. The highest BCUT2D eigenvalue weighted by atomic mass is 32.1. The van der Waals surface area contributed by atoms with Crippen LogP contribution >= 0.6 is 11.3 Å². The van der Waals surface area contributed by atoms with Crippen molar-refractivity contribution in [3.8, 4) is 0 Å². The topological polar surface area (TPSA) is 81.7 Å². The third kappa shape index (κ3) is 4.33. The SMILES string of the molecule is COC(=O)c1sc(NC(=O)/C=C/c2ccccc2)c(C(=O)OC)c1C. The number of ether oxygens (including phenoxy) is 2. The van der Waals surface area contributed by atoms with E-state index in [1.165, 1.54) is 20.3 Å². The molecule has 1 heterocycles. The standard InChI is InChI=1S/C18H17NO5S/c1-11-14(17(21)23-2)16(25-15(11)18(22)24-3)19-13(20)10-9-12-7-5-4-6-8-12/h4-10H,1-3H3,(H,19,20)/b10-9+. The Labute approximate surface area is 149 Å². The Hall–Kier alpha value is -2.93. The van der Waals surface area contributed by atoms with Gasteiger partial charge in [0.2, 0.25) is 5.91 Å². The molecule has 0 aliphatic carbocycles. The first kappa shape index (κ1) is 18.4. The summed E-state index contributed by atoms with van der Waals surface area (Å²) in [5.74, 6) is -1.63. The number of carbonyl (C=O) groups excluding carboxylic acids is 3. The number of amides is 1. The van der Waals surface area contributed by atoms with Crippen molar-refractivity contribution < 1.29 is 23.9 Å². The smallest absolute Gasteiger partial charge is 0.348 e. The maximum absolute atomic E-state index is 12.1. The quantitative estimate of drug-likeness (QED) is 0.654. The molecule has 0 saturated heterocycles. The zero-order chi connectivity index (χ0) is 18.4. The second kappa shape index (κ2) is 8.25. The molecular formula is C18H17NO5S. The molecule has 2 rings (SSSR count). The summed E-state index contributed by atoms with van der Waals surface area (Å²) >= 11 is 0.971. The molecule has 0 aliphatic rings. The van der Waals surface area contributed by atoms with Gasteiger partial charge in [-0.1, -0.05) is 30.3 Å². The van der Waals surface area contributed by atoms with Gasteiger partial charge in [-0.25, -0.2) is 9.59 Å². The largest absolute Gasteiger partial charge is 0.465 e. The Bertz CT molecular complexity index is 823. The molecule has 0 aliphatic heterocycles. The van der Waals surface area contributed by atoms with Gasteiger partial charge in [-0.15, -0.1) is 11.3 Å². The van der Waals surface area contributed by atoms with E-state index in [1.54, 1.807) is 13.0 Å². The third-order valence-electron chi connectivity index (χ3n) is 3.37. The molecule has 130 valence electrons. The van der Waals surface area contributed by atoms with E-state index < -0.39 is 17.8 Å². The highest BCUT2D eigenvalue weighted by molar-refractivity contribution is 7.18. The zero-order valence-corrected chi connectivity index (χ0v) is 14.8. The molecule has 0 bridgehead atoms. The minimum absolute atomic E-state index is 0.148. The van der Waals surface area contributed by atoms with E-state index in [-0.39, 0.29) is 15.4 Å². The molecule has 7 heteroatoms. The fourth-order valence-electron chi connectivity index (χ4n) is 2.13. The third-order valence-corrected chi connectivity index (χ3v) is 4.56. The van der Waals surface area contributed by atoms with Crippen molar-refractivity contribution in [3.63, 3.8) is 0 Å². The van der Waals surface area contributed by atoms with Gasteiger partial charge in [0.1, 0.15) is 9.88 Å². The summed E-state index contributed by atoms with van der Waals surface area (Å²) in [4.78, 5) is 36.2. The number of methoxy groups -OCH3 is 2. The minimum atomic E-state index is -0.633. The number of esters is 2. The van der Waals surface area contributed by atoms with Crippen LogP contribution in [-0.2, 0) is 14.3 Å². The van der Waals surface area contributed by atoms with Gasteiger partial charge in [0.15, 0.2) is 0 Å². The first-order valence-corrected chi connectivity index (χ1v) is 8.13. The number of hydrogen-bond donors (Lipinski definition) is 1. The Kier molecular flexibility index (Phi) is 6.08. The molecule has 1 amide bonds. The summed E-state index contributed by atoms with van der Waals surface area (Å²) in [5, 5.41) is 2.86. The van der Waals surface area contributed by atoms with Crippen LogP contribution in [0.15, 0.2) is 36.4 Å². The van der Waals surface area contributed by atoms with Gasteiger partial charge < -0.3 is 14.8 Å². The van der Waals surface area contributed by atoms with E-state index in [2.05, 4.69) is 5.32 Å². The predicted octanol–water partition coefficient (Wildman–Crippen LogP) is 3.28. The second-order valence-corrected chi connectivity index (χ2v) is 6.00. The molecule has 0 spiro atoms. The van der Waals surface area contributed by atoms with Crippen LogP contribution in [0.4, 0.5) is 5.00 Å². The Balaban J connectivity index is 2.28. The van der Waals surface area contributed by atoms with Gasteiger partial charge in [-0.3, -0.25) is 4.79 Å². The maximum Gasteiger partial charge on any atom is 0.348 e. The van der Waals surface area contributed by atoms with Crippen LogP contribution in [0.1, 0.15) is 31.2 Å². The van der Waals surface area contributed by atoms with Crippen molar-refractivity contribution in [1.82, 2.24) is 0 Å². The lowest BCUT2D eigenvalue weighted by molar-refractivity contribution is -0.111. The first-order chi connectivity index (χ1) is 12.0. The van der Waals surface area contributed by atoms with E-state index in [9.17, 15) is 14.4 Å². The van der Waals surface area contributed by atoms with Gasteiger partial charge in [0.05, 0.1) is 19.8 Å². The minimum Gasteiger partial charge on any atom is -0.465 e. The van der Waals surface area contributed by atoms with E-state index in [4.69, 9.17) is 9.47 Å². The zero-order valence-electron chi connectivity index (χ0n) is 14.0. The summed E-state index contributed by atoms with van der Waals surface area (Å²) in [5.41, 5.74) is 1.42. The monoisotopic (exact) mass is 359 g/mol. The molecule has 0 unspecified atom stereocenters. The van der Waals surface area contributed by atoms with Crippen LogP contribution in [0.3, 0.4) is 0 Å². The average Bonchev–Trinajstić information content (AvgIpc) is 2.95. The van der Waals surface area contributed by atoms with E-state index >= 15 is 0 Å². The number of benzene rings is 1. The molecule has 0 atom stereocenters. The number of nitrogens with one attached hydrogen (secondary N) is 1. The van der Waals surface area contributed by atoms with Crippen LogP contribution < -0.4 is 5.32 Å². The first-order valence-electron chi connectivity index (χ1n) is 7.32. The number of thiophene rings is 1. The van der Waals surface area contributed by atoms with Crippen LogP contribution in [0, 0.1) is 6.92 Å². The van der Waals surface area contributed by atoms with Crippen molar-refractivity contribution >= 4 is 40.3 Å². The van der Waals surface area contributed by atoms with Gasteiger partial charge in [0.25, 0.3) is 0 Å². The van der Waals surface area contributed by atoms with Crippen LogP contribution in [-0.4, -0.2) is 32.1 Å². The second-order valence-electron chi connectivity index (χ2n) is 4.98. The van der Waals surface area contributed by atoms with Crippen molar-refractivity contribution in [2.75, 3.05) is 19.5 Å². The summed E-state index contributed by atoms with van der Waals surface area (Å²) in [6, 6.07) is 9.31. The normalized spacial score (nSPS) is 10.5. The molecule has 25 heavy (non-hydrogen) atoms. The number of rotatable bonds is 5. The molecule has 0 saturated carbocycles. The number of hydrogen-bond acceptors (Lipinski definition) is 6. The predicted molar refractivity (Wildman–Crippen MR) is 95.8 cm³/mol. The lowest BCUT2D eigenvalue weighted by Gasteiger charge is -2.04. The summed E-state index contributed by atoms with van der Waals surface area (Å²) in [6.07, 6.45) is 3.00. The van der Waals surface area contributed by atoms with Crippen molar-refractivity contribution in [1.29, 1.82) is 0 Å². The van der Waals surface area contributed by atoms with E-state index in [1.807, 2.05) is 30.3 Å². The van der Waals surface area contributed by atoms with Gasteiger partial charge in [0, 0.05) is 6.08 Å². The van der Waals surface area contributed by atoms with Crippen LogP contribution in [0.5, 0.6) is 0 Å². The molecule has 1 aromatic heterocycles. The summed E-state index contributed by atoms with van der Waals surface area (Å²) in [6.45, 7) is 1.60. The van der Waals surface area contributed by atoms with Gasteiger partial charge in [-0.05, 0) is 24.1 Å². The van der Waals surface area contributed by atoms with E-state index in [0.29, 0.717) is 5.56 Å². The lowest BCUT2D eigenvalue weighted by Crippen LogP contribution is -2.11.